The first kappa shape index (κ1) is 11.8. The van der Waals surface area contributed by atoms with Crippen LogP contribution < -0.4 is 5.73 Å². The van der Waals surface area contributed by atoms with E-state index in [2.05, 4.69) is 11.2 Å². The van der Waals surface area contributed by atoms with Gasteiger partial charge in [-0.05, 0) is 30.7 Å². The molecule has 2 N–H and O–H groups in total. The van der Waals surface area contributed by atoms with E-state index < -0.39 is 0 Å². The summed E-state index contributed by atoms with van der Waals surface area (Å²) in [5.74, 6) is 0. The Labute approximate surface area is 95.3 Å². The van der Waals surface area contributed by atoms with Gasteiger partial charge in [-0.3, -0.25) is 0 Å². The molecule has 80 valence electrons. The molecule has 2 rings (SSSR count). The first-order valence-electron chi connectivity index (χ1n) is 4.63. The van der Waals surface area contributed by atoms with E-state index in [1.807, 2.05) is 42.1 Å². The van der Waals surface area contributed by atoms with E-state index in [9.17, 15) is 0 Å². The molecule has 1 unspecified atom stereocenters. The lowest BCUT2D eigenvalue weighted by Crippen LogP contribution is -2.05. The van der Waals surface area contributed by atoms with Crippen LogP contribution in [0.1, 0.15) is 18.5 Å². The second-order valence-corrected chi connectivity index (χ2v) is 3.33. The zero-order chi connectivity index (χ0) is 9.97. The van der Waals surface area contributed by atoms with Crippen LogP contribution in [0.5, 0.6) is 0 Å². The van der Waals surface area contributed by atoms with Crippen molar-refractivity contribution in [3.8, 4) is 5.69 Å². The minimum Gasteiger partial charge on any atom is -0.324 e. The van der Waals surface area contributed by atoms with Gasteiger partial charge in [-0.2, -0.15) is 5.10 Å². The molecular weight excluding hydrogens is 210 g/mol. The van der Waals surface area contributed by atoms with Crippen molar-refractivity contribution in [2.45, 2.75) is 13.0 Å². The molecule has 0 aliphatic rings. The molecule has 3 nitrogen and oxygen atoms in total. The summed E-state index contributed by atoms with van der Waals surface area (Å²) in [5, 5.41) is 4.16. The van der Waals surface area contributed by atoms with Crippen LogP contribution in [-0.4, -0.2) is 9.78 Å². The average Bonchev–Trinajstić information content (AvgIpc) is 2.71. The standard InChI is InChI=1S/C11H13N3.ClH/c1-9(12)10-4-2-5-11(8-10)14-7-3-6-13-14;/h2-9H,12H2,1H3;1H. The van der Waals surface area contributed by atoms with Crippen molar-refractivity contribution in [1.29, 1.82) is 0 Å². The molecular formula is C11H14ClN3. The fourth-order valence-corrected chi connectivity index (χ4v) is 1.37. The van der Waals surface area contributed by atoms with Gasteiger partial charge in [0.2, 0.25) is 0 Å². The average molecular weight is 224 g/mol. The van der Waals surface area contributed by atoms with Gasteiger partial charge in [0.05, 0.1) is 5.69 Å². The smallest absolute Gasteiger partial charge is 0.0648 e. The molecule has 0 saturated heterocycles. The lowest BCUT2D eigenvalue weighted by Gasteiger charge is -2.07. The summed E-state index contributed by atoms with van der Waals surface area (Å²) in [6.45, 7) is 1.97. The van der Waals surface area contributed by atoms with Crippen molar-refractivity contribution < 1.29 is 0 Å². The van der Waals surface area contributed by atoms with Crippen LogP contribution in [-0.2, 0) is 0 Å². The number of rotatable bonds is 2. The quantitative estimate of drug-likeness (QED) is 0.849. The van der Waals surface area contributed by atoms with Crippen LogP contribution in [0.25, 0.3) is 5.69 Å². The number of hydrogen-bond donors (Lipinski definition) is 1. The minimum absolute atomic E-state index is 0. The molecule has 0 saturated carbocycles. The molecule has 15 heavy (non-hydrogen) atoms. The fourth-order valence-electron chi connectivity index (χ4n) is 1.37. The number of nitrogens with two attached hydrogens (primary N) is 1. The summed E-state index contributed by atoms with van der Waals surface area (Å²) in [6.07, 6.45) is 3.68. The van der Waals surface area contributed by atoms with Crippen molar-refractivity contribution in [2.24, 2.45) is 5.73 Å². The number of nitrogens with zero attached hydrogens (tertiary/aromatic N) is 2. The normalized spacial score (nSPS) is 11.9. The highest BCUT2D eigenvalue weighted by Gasteiger charge is 2.01. The third-order valence-electron chi connectivity index (χ3n) is 2.16. The fraction of sp³-hybridized carbons (Fsp3) is 0.182. The Hall–Kier alpha value is -1.32. The van der Waals surface area contributed by atoms with Crippen molar-refractivity contribution in [2.75, 3.05) is 0 Å². The van der Waals surface area contributed by atoms with Gasteiger partial charge in [-0.1, -0.05) is 12.1 Å². The van der Waals surface area contributed by atoms with Crippen molar-refractivity contribution >= 4 is 12.4 Å². The van der Waals surface area contributed by atoms with Crippen LogP contribution in [0.4, 0.5) is 0 Å². The Bertz CT molecular complexity index is 410. The van der Waals surface area contributed by atoms with Gasteiger partial charge in [0.15, 0.2) is 0 Å². The van der Waals surface area contributed by atoms with E-state index in [1.54, 1.807) is 6.20 Å². The Kier molecular flexibility index (Phi) is 3.88. The van der Waals surface area contributed by atoms with E-state index in [0.717, 1.165) is 11.3 Å². The highest BCUT2D eigenvalue weighted by molar-refractivity contribution is 5.85. The Morgan fingerprint density at radius 3 is 2.73 bits per heavy atom. The van der Waals surface area contributed by atoms with Crippen LogP contribution in [0.3, 0.4) is 0 Å². The van der Waals surface area contributed by atoms with Gasteiger partial charge < -0.3 is 5.73 Å². The van der Waals surface area contributed by atoms with Crippen LogP contribution in [0.2, 0.25) is 0 Å². The molecule has 0 fully saturated rings. The zero-order valence-electron chi connectivity index (χ0n) is 8.50. The second kappa shape index (κ2) is 4.96. The van der Waals surface area contributed by atoms with Crippen molar-refractivity contribution in [3.05, 3.63) is 48.3 Å². The van der Waals surface area contributed by atoms with Crippen LogP contribution >= 0.6 is 12.4 Å². The van der Waals surface area contributed by atoms with E-state index in [4.69, 9.17) is 5.73 Å². The van der Waals surface area contributed by atoms with Gasteiger partial charge in [0.1, 0.15) is 0 Å². The zero-order valence-corrected chi connectivity index (χ0v) is 9.32. The molecule has 0 aliphatic carbocycles. The van der Waals surface area contributed by atoms with E-state index in [0.29, 0.717) is 0 Å². The molecule has 0 spiro atoms. The van der Waals surface area contributed by atoms with Gasteiger partial charge in [-0.15, -0.1) is 12.4 Å². The lowest BCUT2D eigenvalue weighted by atomic mass is 10.1. The number of hydrogen-bond acceptors (Lipinski definition) is 2. The maximum absolute atomic E-state index is 5.81. The molecule has 0 aliphatic heterocycles. The highest BCUT2D eigenvalue weighted by Crippen LogP contribution is 2.14. The maximum Gasteiger partial charge on any atom is 0.0648 e. The molecule has 0 radical (unpaired) electrons. The summed E-state index contributed by atoms with van der Waals surface area (Å²) >= 11 is 0. The van der Waals surface area contributed by atoms with Gasteiger partial charge in [0.25, 0.3) is 0 Å². The minimum atomic E-state index is 0. The lowest BCUT2D eigenvalue weighted by molar-refractivity contribution is 0.809. The van der Waals surface area contributed by atoms with Crippen molar-refractivity contribution in [3.63, 3.8) is 0 Å². The Morgan fingerprint density at radius 2 is 2.13 bits per heavy atom. The maximum atomic E-state index is 5.81. The summed E-state index contributed by atoms with van der Waals surface area (Å²) in [7, 11) is 0. The van der Waals surface area contributed by atoms with E-state index >= 15 is 0 Å². The molecule has 1 aromatic heterocycles. The monoisotopic (exact) mass is 223 g/mol. The molecule has 1 atom stereocenters. The van der Waals surface area contributed by atoms with Crippen LogP contribution in [0, 0.1) is 0 Å². The van der Waals surface area contributed by atoms with Gasteiger partial charge in [0, 0.05) is 18.4 Å². The Morgan fingerprint density at radius 1 is 1.33 bits per heavy atom. The van der Waals surface area contributed by atoms with Gasteiger partial charge >= 0.3 is 0 Å². The summed E-state index contributed by atoms with van der Waals surface area (Å²) in [5.41, 5.74) is 7.98. The van der Waals surface area contributed by atoms with Crippen LogP contribution in [0.15, 0.2) is 42.7 Å². The first-order valence-corrected chi connectivity index (χ1v) is 4.63. The first-order chi connectivity index (χ1) is 6.77. The molecule has 2 aromatic rings. The summed E-state index contributed by atoms with van der Waals surface area (Å²) in [6, 6.07) is 10.0. The number of halogens is 1. The third kappa shape index (κ3) is 2.58. The number of benzene rings is 1. The summed E-state index contributed by atoms with van der Waals surface area (Å²) in [4.78, 5) is 0. The summed E-state index contributed by atoms with van der Waals surface area (Å²) < 4.78 is 1.83. The highest BCUT2D eigenvalue weighted by atomic mass is 35.5. The molecule has 0 bridgehead atoms. The molecule has 4 heteroatoms. The predicted molar refractivity (Wildman–Crippen MR) is 63.4 cm³/mol. The van der Waals surface area contributed by atoms with Gasteiger partial charge in [-0.25, -0.2) is 4.68 Å². The topological polar surface area (TPSA) is 43.8 Å². The third-order valence-corrected chi connectivity index (χ3v) is 2.16. The van der Waals surface area contributed by atoms with E-state index in [1.165, 1.54) is 0 Å². The van der Waals surface area contributed by atoms with E-state index in [-0.39, 0.29) is 18.4 Å². The molecule has 0 amide bonds. The second-order valence-electron chi connectivity index (χ2n) is 3.33. The molecule has 1 aromatic carbocycles. The van der Waals surface area contributed by atoms with Crippen molar-refractivity contribution in [1.82, 2.24) is 9.78 Å². The number of aromatic nitrogens is 2. The Balaban J connectivity index is 0.00000112. The predicted octanol–water partition coefficient (Wildman–Crippen LogP) is 2.31. The molecule has 1 heterocycles. The largest absolute Gasteiger partial charge is 0.324 e. The SMILES string of the molecule is CC(N)c1cccc(-n2cccn2)c1.Cl.